The fourth-order valence-corrected chi connectivity index (χ4v) is 2.30. The fourth-order valence-electron chi connectivity index (χ4n) is 2.30. The van der Waals surface area contributed by atoms with Gasteiger partial charge in [0.25, 0.3) is 0 Å². The monoisotopic (exact) mass is 267 g/mol. The zero-order valence-corrected chi connectivity index (χ0v) is 11.3. The summed E-state index contributed by atoms with van der Waals surface area (Å²) >= 11 is 0. The van der Waals surface area contributed by atoms with E-state index < -0.39 is 5.97 Å². The van der Waals surface area contributed by atoms with E-state index in [-0.39, 0.29) is 12.5 Å². The lowest BCUT2D eigenvalue weighted by Gasteiger charge is -2.34. The summed E-state index contributed by atoms with van der Waals surface area (Å²) in [5, 5.41) is 17.1. The third-order valence-electron chi connectivity index (χ3n) is 3.54. The maximum absolute atomic E-state index is 12.0. The second kappa shape index (κ2) is 7.62. The second-order valence-corrected chi connectivity index (χ2v) is 4.98. The molecule has 0 aromatic heterocycles. The molecule has 0 aliphatic carbocycles. The van der Waals surface area contributed by atoms with Crippen molar-refractivity contribution in [1.29, 1.82) is 5.26 Å². The van der Waals surface area contributed by atoms with Crippen molar-refractivity contribution in [3.63, 3.8) is 0 Å². The Kier molecular flexibility index (Phi) is 6.13. The van der Waals surface area contributed by atoms with E-state index >= 15 is 0 Å². The minimum atomic E-state index is -0.755. The van der Waals surface area contributed by atoms with E-state index in [1.54, 1.807) is 16.8 Å². The van der Waals surface area contributed by atoms with E-state index in [1.165, 1.54) is 0 Å². The number of hydrogen-bond donors (Lipinski definition) is 1. The van der Waals surface area contributed by atoms with Crippen molar-refractivity contribution in [2.45, 2.75) is 32.1 Å². The number of carboxylic acids is 1. The number of carbonyl (C=O) groups is 2. The molecule has 6 nitrogen and oxygen atoms in total. The lowest BCUT2D eigenvalue weighted by Crippen LogP contribution is -2.45. The van der Waals surface area contributed by atoms with Gasteiger partial charge in [-0.2, -0.15) is 5.26 Å². The van der Waals surface area contributed by atoms with Gasteiger partial charge in [0.1, 0.15) is 0 Å². The molecule has 1 N–H and O–H groups in total. The first-order chi connectivity index (χ1) is 9.04. The van der Waals surface area contributed by atoms with Gasteiger partial charge in [-0.3, -0.25) is 4.79 Å². The molecule has 1 saturated heterocycles. The van der Waals surface area contributed by atoms with Crippen molar-refractivity contribution in [2.75, 3.05) is 26.7 Å². The van der Waals surface area contributed by atoms with Crippen molar-refractivity contribution in [3.8, 4) is 6.07 Å². The van der Waals surface area contributed by atoms with Crippen LogP contribution in [0.2, 0.25) is 0 Å². The van der Waals surface area contributed by atoms with Gasteiger partial charge in [-0.05, 0) is 25.2 Å². The van der Waals surface area contributed by atoms with Crippen molar-refractivity contribution in [2.24, 2.45) is 5.92 Å². The molecule has 0 aromatic rings. The minimum absolute atomic E-state index is 0.0352. The van der Waals surface area contributed by atoms with E-state index in [9.17, 15) is 9.59 Å². The molecule has 0 spiro atoms. The first kappa shape index (κ1) is 15.3. The van der Waals surface area contributed by atoms with Crippen molar-refractivity contribution in [1.82, 2.24) is 9.80 Å². The van der Waals surface area contributed by atoms with Gasteiger partial charge in [-0.25, -0.2) is 4.79 Å². The summed E-state index contributed by atoms with van der Waals surface area (Å²) in [7, 11) is 1.70. The van der Waals surface area contributed by atoms with Crippen LogP contribution in [-0.2, 0) is 4.79 Å². The van der Waals surface area contributed by atoms with Gasteiger partial charge in [0.05, 0.1) is 12.5 Å². The lowest BCUT2D eigenvalue weighted by molar-refractivity contribution is -0.137. The lowest BCUT2D eigenvalue weighted by atomic mass is 9.92. The molecule has 6 heteroatoms. The molecule has 1 aliphatic heterocycles. The largest absolute Gasteiger partial charge is 0.481 e. The highest BCUT2D eigenvalue weighted by Gasteiger charge is 2.24. The van der Waals surface area contributed by atoms with Crippen molar-refractivity contribution < 1.29 is 14.7 Å². The van der Waals surface area contributed by atoms with Crippen LogP contribution in [0.15, 0.2) is 0 Å². The van der Waals surface area contributed by atoms with Crippen LogP contribution in [0, 0.1) is 17.2 Å². The standard InChI is InChI=1S/C13H21N3O3/c1-15(8-2-7-14)13(19)16-9-5-11(6-10-16)3-4-12(17)18/h11H,2-6,8-10H2,1H3,(H,17,18). The summed E-state index contributed by atoms with van der Waals surface area (Å²) in [5.74, 6) is -0.348. The average molecular weight is 267 g/mol. The van der Waals surface area contributed by atoms with Gasteiger partial charge in [0, 0.05) is 33.1 Å². The molecular formula is C13H21N3O3. The maximum Gasteiger partial charge on any atom is 0.319 e. The Morgan fingerprint density at radius 2 is 2.05 bits per heavy atom. The molecule has 0 atom stereocenters. The second-order valence-electron chi connectivity index (χ2n) is 4.98. The summed E-state index contributed by atoms with van der Waals surface area (Å²) in [6, 6.07) is 1.99. The molecule has 1 fully saturated rings. The number of amides is 2. The first-order valence-electron chi connectivity index (χ1n) is 6.63. The Labute approximate surface area is 113 Å². The Balaban J connectivity index is 2.31. The summed E-state index contributed by atoms with van der Waals surface area (Å²) in [6.45, 7) is 1.81. The number of nitriles is 1. The zero-order chi connectivity index (χ0) is 14.3. The number of carbonyl (C=O) groups excluding carboxylic acids is 1. The predicted molar refractivity (Wildman–Crippen MR) is 69.4 cm³/mol. The highest BCUT2D eigenvalue weighted by Crippen LogP contribution is 2.22. The van der Waals surface area contributed by atoms with Gasteiger partial charge in [0.15, 0.2) is 0 Å². The Hall–Kier alpha value is -1.77. The van der Waals surface area contributed by atoms with Gasteiger partial charge in [-0.15, -0.1) is 0 Å². The SMILES string of the molecule is CN(CCC#N)C(=O)N1CCC(CCC(=O)O)CC1. The molecule has 1 aliphatic rings. The molecule has 2 amide bonds. The van der Waals surface area contributed by atoms with Crippen LogP contribution in [0.25, 0.3) is 0 Å². The topological polar surface area (TPSA) is 84.6 Å². The predicted octanol–water partition coefficient (Wildman–Crippen LogP) is 1.53. The smallest absolute Gasteiger partial charge is 0.319 e. The highest BCUT2D eigenvalue weighted by molar-refractivity contribution is 5.74. The van der Waals surface area contributed by atoms with Crippen LogP contribution in [0.4, 0.5) is 4.79 Å². The van der Waals surface area contributed by atoms with Gasteiger partial charge >= 0.3 is 12.0 Å². The normalized spacial score (nSPS) is 15.9. The van der Waals surface area contributed by atoms with E-state index in [1.807, 2.05) is 6.07 Å². The van der Waals surface area contributed by atoms with Gasteiger partial charge in [-0.1, -0.05) is 0 Å². The third-order valence-corrected chi connectivity index (χ3v) is 3.54. The van der Waals surface area contributed by atoms with Crippen LogP contribution >= 0.6 is 0 Å². The van der Waals surface area contributed by atoms with Gasteiger partial charge < -0.3 is 14.9 Å². The number of hydrogen-bond acceptors (Lipinski definition) is 3. The van der Waals surface area contributed by atoms with Crippen LogP contribution < -0.4 is 0 Å². The number of nitrogens with zero attached hydrogens (tertiary/aromatic N) is 3. The zero-order valence-electron chi connectivity index (χ0n) is 11.3. The molecule has 106 valence electrons. The highest BCUT2D eigenvalue weighted by atomic mass is 16.4. The fraction of sp³-hybridized carbons (Fsp3) is 0.769. The first-order valence-corrected chi connectivity index (χ1v) is 6.63. The van der Waals surface area contributed by atoms with Gasteiger partial charge in [0.2, 0.25) is 0 Å². The summed E-state index contributed by atoms with van der Waals surface area (Å²) in [6.07, 6.45) is 2.98. The van der Waals surface area contributed by atoms with E-state index in [0.29, 0.717) is 38.4 Å². The van der Waals surface area contributed by atoms with Crippen molar-refractivity contribution >= 4 is 12.0 Å². The molecule has 0 saturated carbocycles. The summed E-state index contributed by atoms with van der Waals surface area (Å²) in [5.41, 5.74) is 0. The van der Waals surface area contributed by atoms with E-state index in [0.717, 1.165) is 12.8 Å². The van der Waals surface area contributed by atoms with Crippen LogP contribution in [0.5, 0.6) is 0 Å². The summed E-state index contributed by atoms with van der Waals surface area (Å²) < 4.78 is 0. The van der Waals surface area contributed by atoms with E-state index in [4.69, 9.17) is 10.4 Å². The molecule has 0 aromatic carbocycles. The summed E-state index contributed by atoms with van der Waals surface area (Å²) in [4.78, 5) is 25.9. The van der Waals surface area contributed by atoms with Crippen LogP contribution in [0.3, 0.4) is 0 Å². The Morgan fingerprint density at radius 1 is 1.42 bits per heavy atom. The van der Waals surface area contributed by atoms with E-state index in [2.05, 4.69) is 0 Å². The minimum Gasteiger partial charge on any atom is -0.481 e. The van der Waals surface area contributed by atoms with Crippen LogP contribution in [0.1, 0.15) is 32.1 Å². The molecular weight excluding hydrogens is 246 g/mol. The molecule has 19 heavy (non-hydrogen) atoms. The molecule has 1 heterocycles. The molecule has 0 radical (unpaired) electrons. The number of carboxylic acid groups (broad SMARTS) is 1. The number of urea groups is 1. The quantitative estimate of drug-likeness (QED) is 0.818. The number of likely N-dealkylation sites (tertiary alicyclic amines) is 1. The molecule has 0 unspecified atom stereocenters. The number of rotatable bonds is 5. The average Bonchev–Trinajstić information content (AvgIpc) is 2.42. The van der Waals surface area contributed by atoms with Crippen molar-refractivity contribution in [3.05, 3.63) is 0 Å². The number of piperidine rings is 1. The molecule has 0 bridgehead atoms. The number of aliphatic carboxylic acids is 1. The Morgan fingerprint density at radius 3 is 2.58 bits per heavy atom. The van der Waals surface area contributed by atoms with Crippen LogP contribution in [-0.4, -0.2) is 53.6 Å². The molecule has 1 rings (SSSR count). The third kappa shape index (κ3) is 5.16. The Bertz CT molecular complexity index is 357. The maximum atomic E-state index is 12.0.